The molecular formula is C31H35N3O4. The molecule has 38 heavy (non-hydrogen) atoms. The van der Waals surface area contributed by atoms with Gasteiger partial charge < -0.3 is 14.4 Å². The van der Waals surface area contributed by atoms with Crippen LogP contribution >= 0.6 is 0 Å². The second-order valence-corrected chi connectivity index (χ2v) is 10.9. The summed E-state index contributed by atoms with van der Waals surface area (Å²) in [6.45, 7) is 8.67. The molecule has 5 rings (SSSR count). The Kier molecular flexibility index (Phi) is 6.99. The van der Waals surface area contributed by atoms with Gasteiger partial charge in [0, 0.05) is 11.6 Å². The topological polar surface area (TPSA) is 79.9 Å². The van der Waals surface area contributed by atoms with Crippen LogP contribution < -0.4 is 20.5 Å². The van der Waals surface area contributed by atoms with Crippen molar-refractivity contribution < 1.29 is 19.1 Å². The minimum atomic E-state index is -0.404. The second-order valence-electron chi connectivity index (χ2n) is 10.9. The van der Waals surface area contributed by atoms with Crippen molar-refractivity contribution in [2.24, 2.45) is 5.92 Å². The summed E-state index contributed by atoms with van der Waals surface area (Å²) < 4.78 is 10.5. The fourth-order valence-corrected chi connectivity index (χ4v) is 5.54. The lowest BCUT2D eigenvalue weighted by molar-refractivity contribution is -0.119. The number of hydrogen-bond donors (Lipinski definition) is 2. The van der Waals surface area contributed by atoms with Crippen molar-refractivity contribution in [1.29, 1.82) is 0 Å². The van der Waals surface area contributed by atoms with E-state index in [9.17, 15) is 9.59 Å². The number of fused-ring (bicyclic) bond motifs is 1. The lowest BCUT2D eigenvalue weighted by atomic mass is 9.81. The summed E-state index contributed by atoms with van der Waals surface area (Å²) in [6, 6.07) is 23.0. The molecule has 4 unspecified atom stereocenters. The van der Waals surface area contributed by atoms with Crippen molar-refractivity contribution >= 4 is 17.6 Å². The normalized spacial score (nSPS) is 22.9. The first-order valence-corrected chi connectivity index (χ1v) is 13.1. The molecule has 2 heterocycles. The highest BCUT2D eigenvalue weighted by atomic mass is 16.5. The number of amides is 1. The number of rotatable bonds is 6. The van der Waals surface area contributed by atoms with Gasteiger partial charge in [-0.15, -0.1) is 0 Å². The summed E-state index contributed by atoms with van der Waals surface area (Å²) in [7, 11) is 1.65. The molecule has 3 aromatic carbocycles. The number of nitrogens with one attached hydrogen (secondary N) is 2. The van der Waals surface area contributed by atoms with Gasteiger partial charge in [-0.1, -0.05) is 57.2 Å². The van der Waals surface area contributed by atoms with Crippen LogP contribution in [0.25, 0.3) is 0 Å². The van der Waals surface area contributed by atoms with Crippen LogP contribution in [-0.4, -0.2) is 31.6 Å². The maximum absolute atomic E-state index is 13.9. The van der Waals surface area contributed by atoms with Crippen LogP contribution in [0.5, 0.6) is 5.75 Å². The first-order valence-electron chi connectivity index (χ1n) is 13.1. The zero-order chi connectivity index (χ0) is 27.0. The Morgan fingerprint density at radius 1 is 0.868 bits per heavy atom. The van der Waals surface area contributed by atoms with E-state index in [1.807, 2.05) is 41.3 Å². The number of carbonyl (C=O) groups excluding carboxylic acids is 2. The molecule has 2 N–H and O–H groups in total. The highest BCUT2D eigenvalue weighted by Crippen LogP contribution is 2.49. The Labute approximate surface area is 224 Å². The van der Waals surface area contributed by atoms with E-state index in [0.29, 0.717) is 12.2 Å². The van der Waals surface area contributed by atoms with Gasteiger partial charge in [0.2, 0.25) is 5.91 Å². The highest BCUT2D eigenvalue weighted by molar-refractivity contribution is 6.02. The second kappa shape index (κ2) is 10.2. The smallest absolute Gasteiger partial charge is 0.338 e. The van der Waals surface area contributed by atoms with E-state index < -0.39 is 6.04 Å². The number of benzene rings is 3. The van der Waals surface area contributed by atoms with Gasteiger partial charge in [-0.3, -0.25) is 4.79 Å². The van der Waals surface area contributed by atoms with Gasteiger partial charge in [0.25, 0.3) is 0 Å². The molecule has 0 aromatic heterocycles. The van der Waals surface area contributed by atoms with Gasteiger partial charge in [0.1, 0.15) is 11.8 Å². The van der Waals surface area contributed by atoms with Gasteiger partial charge in [-0.05, 0) is 65.4 Å². The van der Waals surface area contributed by atoms with E-state index in [0.717, 1.165) is 22.6 Å². The molecule has 0 radical (unpaired) electrons. The van der Waals surface area contributed by atoms with Gasteiger partial charge in [-0.25, -0.2) is 15.6 Å². The van der Waals surface area contributed by atoms with Crippen molar-refractivity contribution in [1.82, 2.24) is 10.9 Å². The molecule has 0 bridgehead atoms. The largest absolute Gasteiger partial charge is 0.497 e. The van der Waals surface area contributed by atoms with Crippen LogP contribution in [0.4, 0.5) is 5.69 Å². The van der Waals surface area contributed by atoms with Gasteiger partial charge in [0.05, 0.1) is 31.4 Å². The zero-order valence-electron chi connectivity index (χ0n) is 22.5. The Hall–Kier alpha value is -3.68. The Bertz CT molecular complexity index is 1300. The average Bonchev–Trinajstić information content (AvgIpc) is 3.47. The molecule has 7 nitrogen and oxygen atoms in total. The predicted octanol–water partition coefficient (Wildman–Crippen LogP) is 5.09. The van der Waals surface area contributed by atoms with E-state index in [1.54, 1.807) is 26.2 Å². The predicted molar refractivity (Wildman–Crippen MR) is 147 cm³/mol. The van der Waals surface area contributed by atoms with Crippen molar-refractivity contribution in [2.45, 2.75) is 51.2 Å². The summed E-state index contributed by atoms with van der Waals surface area (Å²) in [5.74, 6) is 0.341. The molecule has 3 aromatic rings. The molecule has 7 heteroatoms. The molecule has 2 fully saturated rings. The highest BCUT2D eigenvalue weighted by Gasteiger charge is 2.56. The van der Waals surface area contributed by atoms with E-state index in [2.05, 4.69) is 55.9 Å². The van der Waals surface area contributed by atoms with Crippen LogP contribution in [-0.2, 0) is 14.9 Å². The number of methoxy groups -OCH3 is 1. The van der Waals surface area contributed by atoms with E-state index in [-0.39, 0.29) is 35.3 Å². The molecule has 2 aliphatic heterocycles. The molecule has 0 saturated carbocycles. The van der Waals surface area contributed by atoms with E-state index in [4.69, 9.17) is 9.47 Å². The monoisotopic (exact) mass is 513 g/mol. The Morgan fingerprint density at radius 2 is 1.47 bits per heavy atom. The van der Waals surface area contributed by atoms with Crippen molar-refractivity contribution in [3.63, 3.8) is 0 Å². The maximum atomic E-state index is 13.9. The number of carbonyl (C=O) groups is 2. The Balaban J connectivity index is 1.56. The van der Waals surface area contributed by atoms with E-state index >= 15 is 0 Å². The van der Waals surface area contributed by atoms with Gasteiger partial charge >= 0.3 is 5.97 Å². The zero-order valence-corrected chi connectivity index (χ0v) is 22.5. The van der Waals surface area contributed by atoms with Crippen molar-refractivity contribution in [3.05, 3.63) is 95.1 Å². The summed E-state index contributed by atoms with van der Waals surface area (Å²) in [5, 5.41) is 0. The van der Waals surface area contributed by atoms with Crippen LogP contribution in [0.1, 0.15) is 66.8 Å². The first-order chi connectivity index (χ1) is 18.2. The summed E-state index contributed by atoms with van der Waals surface area (Å²) in [5.41, 5.74) is 11.3. The molecule has 198 valence electrons. The van der Waals surface area contributed by atoms with Crippen LogP contribution in [0.15, 0.2) is 72.8 Å². The maximum Gasteiger partial charge on any atom is 0.338 e. The molecule has 4 atom stereocenters. The number of ether oxygens (including phenoxy) is 2. The summed E-state index contributed by atoms with van der Waals surface area (Å²) in [6.07, 6.45) is 0. The fraction of sp³-hybridized carbons (Fsp3) is 0.355. The number of nitrogens with zero attached hydrogens (tertiary/aromatic N) is 1. The number of hydrogen-bond acceptors (Lipinski definition) is 6. The number of anilines is 1. The number of esters is 1. The quantitative estimate of drug-likeness (QED) is 0.447. The van der Waals surface area contributed by atoms with Crippen LogP contribution in [0.2, 0.25) is 0 Å². The third-order valence-corrected chi connectivity index (χ3v) is 7.56. The van der Waals surface area contributed by atoms with Gasteiger partial charge in [-0.2, -0.15) is 0 Å². The minimum Gasteiger partial charge on any atom is -0.497 e. The van der Waals surface area contributed by atoms with Crippen LogP contribution in [0.3, 0.4) is 0 Å². The standard InChI is InChI=1S/C31H35N3O4/c1-6-38-30(36)21-9-15-23(16-10-21)34-28(20-7-13-22(14-8-20)31(2,3)4)25-26(32-33-27(25)29(34)35)19-11-17-24(37-5)18-12-19/h7-18,25-28,32-33H,6H2,1-5H3. The lowest BCUT2D eigenvalue weighted by Gasteiger charge is -2.32. The van der Waals surface area contributed by atoms with Gasteiger partial charge in [0.15, 0.2) is 0 Å². The molecule has 0 spiro atoms. The third-order valence-electron chi connectivity index (χ3n) is 7.56. The molecule has 0 aliphatic carbocycles. The minimum absolute atomic E-state index is 0.00713. The summed E-state index contributed by atoms with van der Waals surface area (Å²) in [4.78, 5) is 28.0. The SMILES string of the molecule is CCOC(=O)c1ccc(N2C(=O)C3NNC(c4ccc(OC)cc4)C3C2c2ccc(C(C)(C)C)cc2)cc1. The fourth-order valence-electron chi connectivity index (χ4n) is 5.54. The molecule has 2 aliphatic rings. The van der Waals surface area contributed by atoms with Crippen molar-refractivity contribution in [3.8, 4) is 5.75 Å². The van der Waals surface area contributed by atoms with Crippen LogP contribution in [0, 0.1) is 5.92 Å². The first kappa shape index (κ1) is 25.9. The molecule has 2 saturated heterocycles. The summed E-state index contributed by atoms with van der Waals surface area (Å²) >= 11 is 0. The molecular weight excluding hydrogens is 478 g/mol. The average molecular weight is 514 g/mol. The van der Waals surface area contributed by atoms with Crippen molar-refractivity contribution in [2.75, 3.05) is 18.6 Å². The number of hydrazine groups is 1. The third kappa shape index (κ3) is 4.68. The van der Waals surface area contributed by atoms with E-state index in [1.165, 1.54) is 5.56 Å². The molecule has 1 amide bonds. The lowest BCUT2D eigenvalue weighted by Crippen LogP contribution is -2.41. The Morgan fingerprint density at radius 3 is 2.05 bits per heavy atom.